The number of aliphatic imine (C=N–C) groups is 2. The van der Waals surface area contributed by atoms with Gasteiger partial charge in [-0.15, -0.1) is 0 Å². The van der Waals surface area contributed by atoms with Gasteiger partial charge in [0, 0.05) is 11.1 Å². The van der Waals surface area contributed by atoms with Crippen molar-refractivity contribution in [3.05, 3.63) is 27.3 Å². The van der Waals surface area contributed by atoms with E-state index in [0.29, 0.717) is 0 Å². The summed E-state index contributed by atoms with van der Waals surface area (Å²) >= 11 is 5.64. The van der Waals surface area contributed by atoms with Crippen LogP contribution in [0.2, 0.25) is 5.02 Å². The van der Waals surface area contributed by atoms with Crippen molar-refractivity contribution >= 4 is 34.9 Å². The minimum atomic E-state index is -0.809. The van der Waals surface area contributed by atoms with Crippen LogP contribution in [-0.2, 0) is 0 Å². The summed E-state index contributed by atoms with van der Waals surface area (Å²) in [7, 11) is 0. The number of nitrogens with zero attached hydrogens (tertiary/aromatic N) is 3. The Bertz CT molecular complexity index is 552. The second-order valence-corrected chi connectivity index (χ2v) is 3.49. The van der Waals surface area contributed by atoms with Crippen LogP contribution >= 0.6 is 11.6 Å². The van der Waals surface area contributed by atoms with Gasteiger partial charge in [0.2, 0.25) is 11.7 Å². The van der Waals surface area contributed by atoms with Crippen LogP contribution in [0, 0.1) is 10.1 Å². The SMILES string of the molecule is NC(N)=NC(N)=Nc1cc(Cl)cc([N+](=O)[O-])c1O. The van der Waals surface area contributed by atoms with Crippen LogP contribution in [0.3, 0.4) is 0 Å². The van der Waals surface area contributed by atoms with Crippen LogP contribution in [-0.4, -0.2) is 21.9 Å². The quantitative estimate of drug-likeness (QED) is 0.259. The maximum Gasteiger partial charge on any atom is 0.314 e. The summed E-state index contributed by atoms with van der Waals surface area (Å²) in [5.74, 6) is -1.40. The van der Waals surface area contributed by atoms with E-state index in [9.17, 15) is 15.2 Å². The van der Waals surface area contributed by atoms with Gasteiger partial charge in [0.05, 0.1) is 4.92 Å². The van der Waals surface area contributed by atoms with E-state index in [4.69, 9.17) is 28.8 Å². The highest BCUT2D eigenvalue weighted by molar-refractivity contribution is 6.31. The van der Waals surface area contributed by atoms with Gasteiger partial charge in [-0.3, -0.25) is 10.1 Å². The lowest BCUT2D eigenvalue weighted by Crippen LogP contribution is -2.26. The second-order valence-electron chi connectivity index (χ2n) is 3.06. The summed E-state index contributed by atoms with van der Waals surface area (Å²) in [5.41, 5.74) is 14.6. The number of nitro groups is 1. The highest BCUT2D eigenvalue weighted by Gasteiger charge is 2.18. The number of phenolic OH excluding ortho intramolecular Hbond substituents is 1. The average molecular weight is 273 g/mol. The van der Waals surface area contributed by atoms with Gasteiger partial charge in [-0.1, -0.05) is 11.6 Å². The lowest BCUT2D eigenvalue weighted by Gasteiger charge is -2.02. The highest BCUT2D eigenvalue weighted by Crippen LogP contribution is 2.38. The number of guanidine groups is 2. The number of halogens is 1. The molecule has 0 unspecified atom stereocenters. The van der Waals surface area contributed by atoms with Crippen molar-refractivity contribution in [1.29, 1.82) is 0 Å². The summed E-state index contributed by atoms with van der Waals surface area (Å²) in [4.78, 5) is 16.8. The van der Waals surface area contributed by atoms with E-state index < -0.39 is 16.4 Å². The Kier molecular flexibility index (Phi) is 3.89. The molecule has 10 heteroatoms. The number of benzene rings is 1. The fourth-order valence-corrected chi connectivity index (χ4v) is 1.28. The maximum absolute atomic E-state index is 10.6. The minimum Gasteiger partial charge on any atom is -0.501 e. The van der Waals surface area contributed by atoms with E-state index in [1.165, 1.54) is 6.07 Å². The second kappa shape index (κ2) is 5.19. The number of hydrogen-bond acceptors (Lipinski definition) is 4. The molecule has 0 bridgehead atoms. The first kappa shape index (κ1) is 13.5. The molecule has 1 rings (SSSR count). The first-order valence-electron chi connectivity index (χ1n) is 4.42. The molecular formula is C8H9ClN6O3. The topological polar surface area (TPSA) is 166 Å². The Morgan fingerprint density at radius 2 is 2.00 bits per heavy atom. The molecule has 1 aromatic rings. The Hall–Kier alpha value is -2.55. The van der Waals surface area contributed by atoms with Crippen molar-refractivity contribution in [1.82, 2.24) is 0 Å². The predicted octanol–water partition coefficient (Wildman–Crippen LogP) is 0.173. The van der Waals surface area contributed by atoms with Crippen LogP contribution in [0.4, 0.5) is 11.4 Å². The van der Waals surface area contributed by atoms with Crippen molar-refractivity contribution in [2.24, 2.45) is 27.2 Å². The van der Waals surface area contributed by atoms with Gasteiger partial charge >= 0.3 is 5.69 Å². The summed E-state index contributed by atoms with van der Waals surface area (Å²) in [6.45, 7) is 0. The lowest BCUT2D eigenvalue weighted by atomic mass is 10.2. The monoisotopic (exact) mass is 272 g/mol. The third-order valence-electron chi connectivity index (χ3n) is 1.71. The van der Waals surface area contributed by atoms with Gasteiger partial charge in [0.15, 0.2) is 5.96 Å². The van der Waals surface area contributed by atoms with Crippen molar-refractivity contribution in [3.63, 3.8) is 0 Å². The first-order chi connectivity index (χ1) is 8.31. The Morgan fingerprint density at radius 3 is 2.50 bits per heavy atom. The van der Waals surface area contributed by atoms with E-state index in [1.54, 1.807) is 0 Å². The van der Waals surface area contributed by atoms with Crippen LogP contribution < -0.4 is 17.2 Å². The summed E-state index contributed by atoms with van der Waals surface area (Å²) in [5, 5.41) is 20.2. The molecule has 0 saturated carbocycles. The molecule has 0 heterocycles. The van der Waals surface area contributed by atoms with E-state index in [0.717, 1.165) is 6.07 Å². The molecule has 18 heavy (non-hydrogen) atoms. The third kappa shape index (κ3) is 3.22. The molecule has 0 radical (unpaired) electrons. The van der Waals surface area contributed by atoms with E-state index in [-0.39, 0.29) is 22.6 Å². The normalized spacial score (nSPS) is 11.1. The maximum atomic E-state index is 10.6. The molecule has 96 valence electrons. The van der Waals surface area contributed by atoms with Crippen molar-refractivity contribution in [2.75, 3.05) is 0 Å². The van der Waals surface area contributed by atoms with E-state index in [1.807, 2.05) is 0 Å². The summed E-state index contributed by atoms with van der Waals surface area (Å²) < 4.78 is 0. The molecule has 0 aliphatic carbocycles. The Balaban J connectivity index is 3.34. The lowest BCUT2D eigenvalue weighted by molar-refractivity contribution is -0.385. The summed E-state index contributed by atoms with van der Waals surface area (Å²) in [6, 6.07) is 2.16. The van der Waals surface area contributed by atoms with Crippen molar-refractivity contribution in [2.45, 2.75) is 0 Å². The third-order valence-corrected chi connectivity index (χ3v) is 1.93. The highest BCUT2D eigenvalue weighted by atomic mass is 35.5. The number of nitrogens with two attached hydrogens (primary N) is 3. The van der Waals surface area contributed by atoms with Crippen molar-refractivity contribution in [3.8, 4) is 5.75 Å². The van der Waals surface area contributed by atoms with Gasteiger partial charge in [-0.2, -0.15) is 4.99 Å². The van der Waals surface area contributed by atoms with Crippen LogP contribution in [0.15, 0.2) is 22.1 Å². The van der Waals surface area contributed by atoms with E-state index in [2.05, 4.69) is 9.98 Å². The molecule has 0 fully saturated rings. The molecule has 9 nitrogen and oxygen atoms in total. The average Bonchev–Trinajstić information content (AvgIpc) is 2.21. The molecule has 0 spiro atoms. The fourth-order valence-electron chi connectivity index (χ4n) is 1.08. The summed E-state index contributed by atoms with van der Waals surface area (Å²) in [6.07, 6.45) is 0. The Morgan fingerprint density at radius 1 is 1.39 bits per heavy atom. The molecule has 0 aliphatic rings. The Labute approximate surface area is 106 Å². The molecule has 1 aromatic carbocycles. The van der Waals surface area contributed by atoms with Crippen LogP contribution in [0.25, 0.3) is 0 Å². The number of hydrogen-bond donors (Lipinski definition) is 4. The van der Waals surface area contributed by atoms with Crippen molar-refractivity contribution < 1.29 is 10.0 Å². The zero-order valence-electron chi connectivity index (χ0n) is 8.87. The number of aromatic hydroxyl groups is 1. The van der Waals surface area contributed by atoms with E-state index >= 15 is 0 Å². The number of nitro benzene ring substituents is 1. The molecule has 0 saturated heterocycles. The minimum absolute atomic E-state index is 0.00995. The molecule has 0 atom stereocenters. The molecular weight excluding hydrogens is 264 g/mol. The van der Waals surface area contributed by atoms with Gasteiger partial charge in [-0.05, 0) is 6.07 Å². The fraction of sp³-hybridized carbons (Fsp3) is 0. The zero-order chi connectivity index (χ0) is 13.9. The molecule has 0 aliphatic heterocycles. The van der Waals surface area contributed by atoms with Gasteiger partial charge in [0.1, 0.15) is 5.69 Å². The standard InChI is InChI=1S/C8H9ClN6O3/c9-3-1-4(13-8(12)14-7(10)11)6(16)5(2-3)15(17)18/h1-2,16H,(H6,10,11,12,13,14). The molecule has 7 N–H and O–H groups in total. The van der Waals surface area contributed by atoms with Crippen LogP contribution in [0.5, 0.6) is 5.75 Å². The smallest absolute Gasteiger partial charge is 0.314 e. The molecule has 0 aromatic heterocycles. The van der Waals surface area contributed by atoms with Gasteiger partial charge < -0.3 is 22.3 Å². The first-order valence-corrected chi connectivity index (χ1v) is 4.79. The zero-order valence-corrected chi connectivity index (χ0v) is 9.63. The van der Waals surface area contributed by atoms with Crippen LogP contribution in [0.1, 0.15) is 0 Å². The van der Waals surface area contributed by atoms with Gasteiger partial charge in [0.25, 0.3) is 0 Å². The number of rotatable bonds is 2. The predicted molar refractivity (Wildman–Crippen MR) is 66.9 cm³/mol. The van der Waals surface area contributed by atoms with Gasteiger partial charge in [-0.25, -0.2) is 4.99 Å². The number of phenols is 1. The molecule has 0 amide bonds. The largest absolute Gasteiger partial charge is 0.501 e.